The maximum Gasteiger partial charge on any atom is 0.194 e. The summed E-state index contributed by atoms with van der Waals surface area (Å²) in [6.45, 7) is 13.1. The van der Waals surface area contributed by atoms with Gasteiger partial charge in [-0.1, -0.05) is 77.9 Å². The Hall–Kier alpha value is -1.46. The molecule has 1 unspecified atom stereocenters. The van der Waals surface area contributed by atoms with E-state index in [2.05, 4.69) is 62.9 Å². The zero-order chi connectivity index (χ0) is 18.0. The van der Waals surface area contributed by atoms with E-state index in [1.54, 1.807) is 0 Å². The molecular weight excluding hydrogens is 311 g/mol. The van der Waals surface area contributed by atoms with Gasteiger partial charge in [0, 0.05) is 11.1 Å². The molecule has 0 saturated heterocycles. The van der Waals surface area contributed by atoms with Crippen molar-refractivity contribution in [1.29, 1.82) is 0 Å². The summed E-state index contributed by atoms with van der Waals surface area (Å²) in [5.74, 6) is 1.23. The molecule has 0 aliphatic carbocycles. The molecule has 0 amide bonds. The van der Waals surface area contributed by atoms with Crippen molar-refractivity contribution >= 4 is 20.3 Å². The molecule has 1 atom stereocenters. The Morgan fingerprint density at radius 3 is 1.75 bits per heavy atom. The second kappa shape index (κ2) is 7.62. The fourth-order valence-electron chi connectivity index (χ4n) is 3.06. The minimum atomic E-state index is 0.142. The molecule has 2 rings (SSSR count). The van der Waals surface area contributed by atoms with E-state index in [0.29, 0.717) is 17.8 Å². The van der Waals surface area contributed by atoms with Crippen molar-refractivity contribution in [3.05, 3.63) is 64.2 Å². The summed E-state index contributed by atoms with van der Waals surface area (Å²) in [6, 6.07) is 12.3. The summed E-state index contributed by atoms with van der Waals surface area (Å²) in [5.41, 5.74) is 5.34. The number of benzene rings is 2. The summed E-state index contributed by atoms with van der Waals surface area (Å²) >= 11 is 0. The summed E-state index contributed by atoms with van der Waals surface area (Å²) in [5, 5.41) is 0.958. The highest BCUT2D eigenvalue weighted by Crippen LogP contribution is 2.33. The van der Waals surface area contributed by atoms with Gasteiger partial charge in [0.05, 0.1) is 0 Å². The molecule has 0 N–H and O–H groups in total. The molecule has 0 saturated carbocycles. The van der Waals surface area contributed by atoms with Crippen molar-refractivity contribution in [2.75, 3.05) is 0 Å². The Balaban J connectivity index is 2.76. The minimum absolute atomic E-state index is 0.142. The third-order valence-electron chi connectivity index (χ3n) is 4.56. The van der Waals surface area contributed by atoms with Crippen LogP contribution >= 0.6 is 9.24 Å². The number of hydrogen-bond donors (Lipinski definition) is 0. The Morgan fingerprint density at radius 1 is 0.833 bits per heavy atom. The summed E-state index contributed by atoms with van der Waals surface area (Å²) in [4.78, 5) is 13.4. The Morgan fingerprint density at radius 2 is 1.33 bits per heavy atom. The standard InChI is InChI=1S/C22H29OP/c1-13(2)16-11-18(14(3)4)21(19(12-16)15(5)6)22(23)17-9-7-8-10-20(17)24/h7-15H,24H2,1-6H3. The third kappa shape index (κ3) is 3.78. The van der Waals surface area contributed by atoms with Crippen LogP contribution in [-0.2, 0) is 0 Å². The van der Waals surface area contributed by atoms with Gasteiger partial charge in [0.25, 0.3) is 0 Å². The molecule has 0 aromatic heterocycles. The van der Waals surface area contributed by atoms with Crippen LogP contribution in [0.2, 0.25) is 0 Å². The lowest BCUT2D eigenvalue weighted by Crippen LogP contribution is -2.17. The van der Waals surface area contributed by atoms with Crippen LogP contribution in [0, 0.1) is 0 Å². The van der Waals surface area contributed by atoms with Gasteiger partial charge in [-0.25, -0.2) is 0 Å². The molecule has 24 heavy (non-hydrogen) atoms. The van der Waals surface area contributed by atoms with Gasteiger partial charge in [-0.05, 0) is 39.7 Å². The average molecular weight is 340 g/mol. The number of ketones is 1. The van der Waals surface area contributed by atoms with Crippen molar-refractivity contribution in [2.45, 2.75) is 59.3 Å². The lowest BCUT2D eigenvalue weighted by Gasteiger charge is -2.22. The third-order valence-corrected chi connectivity index (χ3v) is 5.07. The smallest absolute Gasteiger partial charge is 0.194 e. The normalized spacial score (nSPS) is 11.6. The van der Waals surface area contributed by atoms with E-state index in [0.717, 1.165) is 16.4 Å². The van der Waals surface area contributed by atoms with Crippen molar-refractivity contribution in [1.82, 2.24) is 0 Å². The molecule has 0 heterocycles. The molecule has 2 aromatic carbocycles. The van der Waals surface area contributed by atoms with Gasteiger partial charge >= 0.3 is 0 Å². The van der Waals surface area contributed by atoms with Gasteiger partial charge in [-0.15, -0.1) is 9.24 Å². The van der Waals surface area contributed by atoms with Crippen LogP contribution in [-0.4, -0.2) is 5.78 Å². The molecule has 2 aromatic rings. The minimum Gasteiger partial charge on any atom is -0.289 e. The monoisotopic (exact) mass is 340 g/mol. The molecule has 1 nitrogen and oxygen atoms in total. The number of rotatable bonds is 5. The van der Waals surface area contributed by atoms with E-state index in [9.17, 15) is 4.79 Å². The zero-order valence-corrected chi connectivity index (χ0v) is 16.8. The van der Waals surface area contributed by atoms with Crippen LogP contribution < -0.4 is 5.30 Å². The van der Waals surface area contributed by atoms with Gasteiger partial charge < -0.3 is 0 Å². The molecule has 0 spiro atoms. The van der Waals surface area contributed by atoms with Gasteiger partial charge in [-0.3, -0.25) is 4.79 Å². The van der Waals surface area contributed by atoms with Gasteiger partial charge in [0.15, 0.2) is 5.78 Å². The van der Waals surface area contributed by atoms with Crippen LogP contribution in [0.4, 0.5) is 0 Å². The van der Waals surface area contributed by atoms with Gasteiger partial charge in [0.1, 0.15) is 0 Å². The molecule has 128 valence electrons. The fourth-order valence-corrected chi connectivity index (χ4v) is 3.39. The highest BCUT2D eigenvalue weighted by Gasteiger charge is 2.23. The molecule has 0 radical (unpaired) electrons. The topological polar surface area (TPSA) is 17.1 Å². The largest absolute Gasteiger partial charge is 0.289 e. The highest BCUT2D eigenvalue weighted by molar-refractivity contribution is 7.27. The lowest BCUT2D eigenvalue weighted by molar-refractivity contribution is 0.103. The fraction of sp³-hybridized carbons (Fsp3) is 0.409. The first-order chi connectivity index (χ1) is 11.2. The second-order valence-electron chi connectivity index (χ2n) is 7.45. The predicted octanol–water partition coefficient (Wildman–Crippen LogP) is 5.79. The maximum atomic E-state index is 13.4. The van der Waals surface area contributed by atoms with Crippen LogP contribution in [0.5, 0.6) is 0 Å². The van der Waals surface area contributed by atoms with Crippen molar-refractivity contribution in [3.63, 3.8) is 0 Å². The van der Waals surface area contributed by atoms with E-state index < -0.39 is 0 Å². The van der Waals surface area contributed by atoms with Crippen LogP contribution in [0.15, 0.2) is 36.4 Å². The molecular formula is C22H29OP. The molecule has 0 aliphatic heterocycles. The first-order valence-corrected chi connectivity index (χ1v) is 9.38. The van der Waals surface area contributed by atoms with Crippen LogP contribution in [0.25, 0.3) is 0 Å². The summed E-state index contributed by atoms with van der Waals surface area (Å²) in [6.07, 6.45) is 0. The van der Waals surface area contributed by atoms with Crippen LogP contribution in [0.3, 0.4) is 0 Å². The zero-order valence-electron chi connectivity index (χ0n) is 15.7. The van der Waals surface area contributed by atoms with Gasteiger partial charge in [0.2, 0.25) is 0 Å². The SMILES string of the molecule is CC(C)c1cc(C(C)C)c(C(=O)c2ccccc2P)c(C(C)C)c1. The first-order valence-electron chi connectivity index (χ1n) is 8.80. The van der Waals surface area contributed by atoms with Crippen molar-refractivity contribution in [3.8, 4) is 0 Å². The van der Waals surface area contributed by atoms with E-state index in [1.807, 2.05) is 24.3 Å². The predicted molar refractivity (Wildman–Crippen MR) is 108 cm³/mol. The van der Waals surface area contributed by atoms with E-state index >= 15 is 0 Å². The quantitative estimate of drug-likeness (QED) is 0.497. The highest BCUT2D eigenvalue weighted by atomic mass is 31.0. The van der Waals surface area contributed by atoms with Crippen LogP contribution in [0.1, 0.15) is 91.9 Å². The molecule has 2 heteroatoms. The first kappa shape index (κ1) is 18.9. The summed E-state index contributed by atoms with van der Waals surface area (Å²) < 4.78 is 0. The Kier molecular flexibility index (Phi) is 5.99. The number of carbonyl (C=O) groups is 1. The molecule has 0 bridgehead atoms. The number of hydrogen-bond acceptors (Lipinski definition) is 1. The maximum absolute atomic E-state index is 13.4. The molecule has 0 fully saturated rings. The van der Waals surface area contributed by atoms with Gasteiger partial charge in [-0.2, -0.15) is 0 Å². The Bertz CT molecular complexity index is 712. The second-order valence-corrected chi connectivity index (χ2v) is 8.08. The van der Waals surface area contributed by atoms with E-state index in [-0.39, 0.29) is 5.78 Å². The molecule has 0 aliphatic rings. The summed E-state index contributed by atoms with van der Waals surface area (Å²) in [7, 11) is 2.69. The van der Waals surface area contributed by atoms with Crippen molar-refractivity contribution in [2.24, 2.45) is 0 Å². The number of carbonyl (C=O) groups excluding carboxylic acids is 1. The average Bonchev–Trinajstić information content (AvgIpc) is 2.53. The lowest BCUT2D eigenvalue weighted by atomic mass is 9.81. The van der Waals surface area contributed by atoms with E-state index in [1.165, 1.54) is 16.7 Å². The van der Waals surface area contributed by atoms with E-state index in [4.69, 9.17) is 0 Å². The Labute approximate surface area is 149 Å². The van der Waals surface area contributed by atoms with Crippen molar-refractivity contribution < 1.29 is 4.79 Å².